The van der Waals surface area contributed by atoms with Gasteiger partial charge in [0, 0.05) is 16.7 Å². The van der Waals surface area contributed by atoms with Crippen molar-refractivity contribution < 1.29 is 10.0 Å². The second-order valence-electron chi connectivity index (χ2n) is 8.78. The molecule has 6 aromatic rings. The van der Waals surface area contributed by atoms with Crippen LogP contribution in [0.3, 0.4) is 0 Å². The molecule has 0 aliphatic rings. The van der Waals surface area contributed by atoms with Gasteiger partial charge in [0.2, 0.25) is 0 Å². The second-order valence-corrected chi connectivity index (χ2v) is 8.78. The summed E-state index contributed by atoms with van der Waals surface area (Å²) in [7, 11) is -1.62. The third kappa shape index (κ3) is 4.63. The Morgan fingerprint density at radius 1 is 0.432 bits per heavy atom. The summed E-state index contributed by atoms with van der Waals surface area (Å²) in [6.07, 6.45) is 0. The Kier molecular flexibility index (Phi) is 6.02. The summed E-state index contributed by atoms with van der Waals surface area (Å²) in [6.45, 7) is 0. The second kappa shape index (κ2) is 9.78. The van der Waals surface area contributed by atoms with Crippen molar-refractivity contribution in [2.45, 2.75) is 0 Å². The highest BCUT2D eigenvalue weighted by Crippen LogP contribution is 2.29. The molecule has 0 radical (unpaired) electrons. The van der Waals surface area contributed by atoms with Crippen LogP contribution in [0.15, 0.2) is 121 Å². The van der Waals surface area contributed by atoms with Crippen LogP contribution < -0.4 is 5.46 Å². The summed E-state index contributed by atoms with van der Waals surface area (Å²) in [6, 6.07) is 39.4. The molecule has 0 fully saturated rings. The minimum atomic E-state index is -1.62. The van der Waals surface area contributed by atoms with Crippen LogP contribution in [0, 0.1) is 0 Å². The molecular formula is C31H22BN3O2. The van der Waals surface area contributed by atoms with Crippen LogP contribution >= 0.6 is 0 Å². The van der Waals surface area contributed by atoms with Gasteiger partial charge >= 0.3 is 7.12 Å². The molecule has 5 nitrogen and oxygen atoms in total. The first-order valence-corrected chi connectivity index (χ1v) is 12.0. The monoisotopic (exact) mass is 479 g/mol. The van der Waals surface area contributed by atoms with E-state index in [1.807, 2.05) is 91.0 Å². The normalized spacial score (nSPS) is 11.0. The molecule has 1 heterocycles. The summed E-state index contributed by atoms with van der Waals surface area (Å²) in [5.74, 6) is 1.55. The van der Waals surface area contributed by atoms with E-state index in [2.05, 4.69) is 24.3 Å². The predicted molar refractivity (Wildman–Crippen MR) is 149 cm³/mol. The molecule has 5 aromatic carbocycles. The summed E-state index contributed by atoms with van der Waals surface area (Å²) < 4.78 is 0. The fourth-order valence-corrected chi connectivity index (χ4v) is 4.50. The molecule has 0 unspecified atom stereocenters. The minimum Gasteiger partial charge on any atom is -0.423 e. The predicted octanol–water partition coefficient (Wildman–Crippen LogP) is 5.37. The Morgan fingerprint density at radius 2 is 0.973 bits per heavy atom. The van der Waals surface area contributed by atoms with Crippen molar-refractivity contribution in [3.63, 3.8) is 0 Å². The molecule has 0 atom stereocenters. The van der Waals surface area contributed by atoms with Gasteiger partial charge in [-0.3, -0.25) is 0 Å². The van der Waals surface area contributed by atoms with Gasteiger partial charge in [0.1, 0.15) is 0 Å². The molecule has 6 rings (SSSR count). The van der Waals surface area contributed by atoms with Crippen molar-refractivity contribution in [2.24, 2.45) is 0 Å². The lowest BCUT2D eigenvalue weighted by molar-refractivity contribution is 0.426. The maximum Gasteiger partial charge on any atom is 0.489 e. The molecule has 0 bridgehead atoms. The van der Waals surface area contributed by atoms with E-state index in [0.717, 1.165) is 33.0 Å². The molecule has 0 spiro atoms. The largest absolute Gasteiger partial charge is 0.489 e. The molecule has 37 heavy (non-hydrogen) atoms. The van der Waals surface area contributed by atoms with Gasteiger partial charge in [0.05, 0.1) is 0 Å². The lowest BCUT2D eigenvalue weighted by Gasteiger charge is -2.12. The quantitative estimate of drug-likeness (QED) is 0.325. The van der Waals surface area contributed by atoms with Gasteiger partial charge in [-0.1, -0.05) is 109 Å². The number of hydrogen-bond donors (Lipinski definition) is 2. The summed E-state index contributed by atoms with van der Waals surface area (Å²) >= 11 is 0. The molecule has 0 aliphatic carbocycles. The first-order chi connectivity index (χ1) is 18.2. The van der Waals surface area contributed by atoms with Crippen molar-refractivity contribution >= 4 is 23.4 Å². The number of hydrogen-bond acceptors (Lipinski definition) is 5. The average Bonchev–Trinajstić information content (AvgIpc) is 2.97. The van der Waals surface area contributed by atoms with Crippen molar-refractivity contribution in [2.75, 3.05) is 0 Å². The van der Waals surface area contributed by atoms with Gasteiger partial charge in [-0.2, -0.15) is 0 Å². The lowest BCUT2D eigenvalue weighted by Crippen LogP contribution is -2.30. The Labute approximate surface area is 214 Å². The molecule has 0 saturated carbocycles. The van der Waals surface area contributed by atoms with Crippen LogP contribution in [0.2, 0.25) is 0 Å². The first kappa shape index (κ1) is 22.8. The molecular weight excluding hydrogens is 457 g/mol. The van der Waals surface area contributed by atoms with E-state index in [1.165, 1.54) is 0 Å². The van der Waals surface area contributed by atoms with Crippen LogP contribution in [0.1, 0.15) is 0 Å². The summed E-state index contributed by atoms with van der Waals surface area (Å²) in [4.78, 5) is 14.5. The summed E-state index contributed by atoms with van der Waals surface area (Å²) in [5.41, 5.74) is 5.00. The zero-order valence-electron chi connectivity index (χ0n) is 19.9. The zero-order chi connectivity index (χ0) is 25.2. The molecule has 1 aromatic heterocycles. The Bertz CT molecular complexity index is 1710. The number of rotatable bonds is 5. The van der Waals surface area contributed by atoms with E-state index in [4.69, 9.17) is 15.0 Å². The molecule has 6 heteroatoms. The highest BCUT2D eigenvalue weighted by Gasteiger charge is 2.19. The number of benzene rings is 5. The van der Waals surface area contributed by atoms with Crippen LogP contribution in [0.4, 0.5) is 0 Å². The van der Waals surface area contributed by atoms with E-state index in [9.17, 15) is 10.0 Å². The zero-order valence-corrected chi connectivity index (χ0v) is 19.9. The fourth-order valence-electron chi connectivity index (χ4n) is 4.50. The van der Waals surface area contributed by atoms with Crippen molar-refractivity contribution in [3.05, 3.63) is 121 Å². The van der Waals surface area contributed by atoms with Crippen molar-refractivity contribution in [1.29, 1.82) is 0 Å². The fraction of sp³-hybridized carbons (Fsp3) is 0. The van der Waals surface area contributed by atoms with E-state index in [0.29, 0.717) is 28.5 Å². The van der Waals surface area contributed by atoms with E-state index >= 15 is 0 Å². The highest BCUT2D eigenvalue weighted by atomic mass is 16.4. The lowest BCUT2D eigenvalue weighted by atomic mass is 9.76. The van der Waals surface area contributed by atoms with E-state index in [-0.39, 0.29) is 0 Å². The van der Waals surface area contributed by atoms with Gasteiger partial charge in [-0.25, -0.2) is 15.0 Å². The third-order valence-corrected chi connectivity index (χ3v) is 6.33. The van der Waals surface area contributed by atoms with Gasteiger partial charge in [-0.05, 0) is 39.5 Å². The maximum absolute atomic E-state index is 10.1. The minimum absolute atomic E-state index is 0.405. The van der Waals surface area contributed by atoms with Crippen LogP contribution in [0.25, 0.3) is 56.1 Å². The van der Waals surface area contributed by atoms with Crippen LogP contribution in [-0.2, 0) is 0 Å². The standard InChI is InChI=1S/C31H22BN3O2/c36-32(37)28-20-26(19-24-14-7-8-17-27(24)28)31-34-29(22-12-5-2-6-13-22)33-30(35-31)25-16-9-15-23(18-25)21-10-3-1-4-11-21/h1-20,36-37H. The molecule has 0 saturated heterocycles. The van der Waals surface area contributed by atoms with Crippen LogP contribution in [-0.4, -0.2) is 32.1 Å². The molecule has 0 amide bonds. The maximum atomic E-state index is 10.1. The number of nitrogens with zero attached hydrogens (tertiary/aromatic N) is 3. The average molecular weight is 479 g/mol. The van der Waals surface area contributed by atoms with Gasteiger partial charge in [0.25, 0.3) is 0 Å². The van der Waals surface area contributed by atoms with Gasteiger partial charge in [-0.15, -0.1) is 0 Å². The first-order valence-electron chi connectivity index (χ1n) is 12.0. The number of fused-ring (bicyclic) bond motifs is 1. The summed E-state index contributed by atoms with van der Waals surface area (Å²) in [5, 5.41) is 21.8. The molecule has 0 aliphatic heterocycles. The Hall–Kier alpha value is -4.65. The Balaban J connectivity index is 1.56. The van der Waals surface area contributed by atoms with Gasteiger partial charge < -0.3 is 10.0 Å². The molecule has 176 valence electrons. The molecule has 2 N–H and O–H groups in total. The van der Waals surface area contributed by atoms with Gasteiger partial charge in [0.15, 0.2) is 17.5 Å². The van der Waals surface area contributed by atoms with E-state index in [1.54, 1.807) is 6.07 Å². The van der Waals surface area contributed by atoms with Crippen molar-refractivity contribution in [1.82, 2.24) is 15.0 Å². The highest BCUT2D eigenvalue weighted by molar-refractivity contribution is 6.62. The third-order valence-electron chi connectivity index (χ3n) is 6.33. The topological polar surface area (TPSA) is 79.1 Å². The van der Waals surface area contributed by atoms with Crippen molar-refractivity contribution in [3.8, 4) is 45.3 Å². The SMILES string of the molecule is OB(O)c1cc(-c2nc(-c3ccccc3)nc(-c3cccc(-c4ccccc4)c3)n2)cc2ccccc12. The smallest absolute Gasteiger partial charge is 0.423 e. The number of aromatic nitrogens is 3. The van der Waals surface area contributed by atoms with Crippen LogP contribution in [0.5, 0.6) is 0 Å². The Morgan fingerprint density at radius 3 is 1.68 bits per heavy atom. The van der Waals surface area contributed by atoms with E-state index < -0.39 is 7.12 Å².